The number of hydrogen-bond donors (Lipinski definition) is 2. The highest BCUT2D eigenvalue weighted by molar-refractivity contribution is 5.60. The Morgan fingerprint density at radius 2 is 2.33 bits per heavy atom. The minimum Gasteiger partial charge on any atom is -0.472 e. The van der Waals surface area contributed by atoms with Gasteiger partial charge in [0.05, 0.1) is 24.8 Å². The molecule has 2 heterocycles. The quantitative estimate of drug-likeness (QED) is 0.783. The number of nitrogens with zero attached hydrogens (tertiary/aromatic N) is 2. The van der Waals surface area contributed by atoms with Gasteiger partial charge in [0.1, 0.15) is 12.1 Å². The van der Waals surface area contributed by atoms with E-state index < -0.39 is 0 Å². The molecule has 0 atom stereocenters. The molecule has 2 aromatic rings. The van der Waals surface area contributed by atoms with Crippen LogP contribution in [0.1, 0.15) is 0 Å². The maximum atomic E-state index is 8.66. The fourth-order valence-electron chi connectivity index (χ4n) is 1.21. The number of furan rings is 1. The monoisotopic (exact) mass is 205 g/mol. The van der Waals surface area contributed by atoms with Crippen LogP contribution in [0.3, 0.4) is 0 Å². The van der Waals surface area contributed by atoms with E-state index in [0.717, 1.165) is 11.3 Å². The van der Waals surface area contributed by atoms with Crippen LogP contribution in [0.25, 0.3) is 11.3 Å². The molecule has 0 aromatic carbocycles. The number of aliphatic hydroxyl groups is 1. The standard InChI is InChI=1S/C10H11N3O2/c14-3-2-11-10-5-9(12-7-13-10)8-1-4-15-6-8/h1,4-7,14H,2-3H2,(H,11,12,13). The molecule has 2 rings (SSSR count). The number of nitrogens with one attached hydrogen (secondary N) is 1. The van der Waals surface area contributed by atoms with Crippen molar-refractivity contribution in [2.45, 2.75) is 0 Å². The molecule has 0 spiro atoms. The molecule has 0 aliphatic heterocycles. The molecule has 0 amide bonds. The molecule has 0 fully saturated rings. The third-order valence-corrected chi connectivity index (χ3v) is 1.90. The maximum absolute atomic E-state index is 8.66. The summed E-state index contributed by atoms with van der Waals surface area (Å²) < 4.78 is 4.97. The van der Waals surface area contributed by atoms with E-state index in [2.05, 4.69) is 15.3 Å². The van der Waals surface area contributed by atoms with E-state index in [1.807, 2.05) is 6.07 Å². The molecule has 2 aromatic heterocycles. The van der Waals surface area contributed by atoms with Crippen molar-refractivity contribution in [3.63, 3.8) is 0 Å². The van der Waals surface area contributed by atoms with E-state index in [9.17, 15) is 0 Å². The minimum absolute atomic E-state index is 0.0745. The normalized spacial score (nSPS) is 10.2. The lowest BCUT2D eigenvalue weighted by Gasteiger charge is -2.03. The highest BCUT2D eigenvalue weighted by Crippen LogP contribution is 2.18. The Kier molecular flexibility index (Phi) is 2.94. The molecule has 0 bridgehead atoms. The van der Waals surface area contributed by atoms with Crippen LogP contribution in [0, 0.1) is 0 Å². The summed E-state index contributed by atoms with van der Waals surface area (Å²) in [7, 11) is 0. The molecule has 0 aliphatic carbocycles. The first-order valence-corrected chi connectivity index (χ1v) is 4.59. The van der Waals surface area contributed by atoms with Crippen LogP contribution < -0.4 is 5.32 Å². The number of hydrogen-bond acceptors (Lipinski definition) is 5. The highest BCUT2D eigenvalue weighted by atomic mass is 16.3. The summed E-state index contributed by atoms with van der Waals surface area (Å²) in [4.78, 5) is 8.14. The summed E-state index contributed by atoms with van der Waals surface area (Å²) in [5.41, 5.74) is 1.70. The second-order valence-electron chi connectivity index (χ2n) is 2.95. The summed E-state index contributed by atoms with van der Waals surface area (Å²) in [5.74, 6) is 0.690. The molecule has 2 N–H and O–H groups in total. The van der Waals surface area contributed by atoms with Gasteiger partial charge in [0.15, 0.2) is 0 Å². The van der Waals surface area contributed by atoms with Crippen molar-refractivity contribution >= 4 is 5.82 Å². The van der Waals surface area contributed by atoms with Crippen LogP contribution >= 0.6 is 0 Å². The smallest absolute Gasteiger partial charge is 0.130 e. The minimum atomic E-state index is 0.0745. The highest BCUT2D eigenvalue weighted by Gasteiger charge is 2.02. The van der Waals surface area contributed by atoms with Gasteiger partial charge >= 0.3 is 0 Å². The molecule has 5 nitrogen and oxygen atoms in total. The van der Waals surface area contributed by atoms with E-state index in [0.29, 0.717) is 12.4 Å². The zero-order chi connectivity index (χ0) is 10.5. The average molecular weight is 205 g/mol. The van der Waals surface area contributed by atoms with Gasteiger partial charge in [-0.05, 0) is 6.07 Å². The first kappa shape index (κ1) is 9.67. The number of anilines is 1. The topological polar surface area (TPSA) is 71.2 Å². The lowest BCUT2D eigenvalue weighted by molar-refractivity contribution is 0.311. The van der Waals surface area contributed by atoms with Crippen molar-refractivity contribution in [3.05, 3.63) is 31.0 Å². The summed E-state index contributed by atoms with van der Waals surface area (Å²) in [5, 5.41) is 11.6. The van der Waals surface area contributed by atoms with E-state index in [1.165, 1.54) is 6.33 Å². The Morgan fingerprint density at radius 1 is 1.40 bits per heavy atom. The van der Waals surface area contributed by atoms with Crippen LogP contribution in [0.5, 0.6) is 0 Å². The number of aromatic nitrogens is 2. The zero-order valence-corrected chi connectivity index (χ0v) is 8.05. The molecule has 78 valence electrons. The third kappa shape index (κ3) is 2.32. The zero-order valence-electron chi connectivity index (χ0n) is 8.05. The van der Waals surface area contributed by atoms with Gasteiger partial charge in [0, 0.05) is 18.2 Å². The molecule has 5 heteroatoms. The molecular formula is C10H11N3O2. The Morgan fingerprint density at radius 3 is 3.07 bits per heavy atom. The first-order chi connectivity index (χ1) is 7.40. The molecule has 0 unspecified atom stereocenters. The van der Waals surface area contributed by atoms with Gasteiger partial charge in [0.2, 0.25) is 0 Å². The van der Waals surface area contributed by atoms with Gasteiger partial charge in [-0.2, -0.15) is 0 Å². The van der Waals surface area contributed by atoms with Crippen molar-refractivity contribution in [3.8, 4) is 11.3 Å². The predicted octanol–water partition coefficient (Wildman–Crippen LogP) is 1.14. The van der Waals surface area contributed by atoms with Gasteiger partial charge in [0.25, 0.3) is 0 Å². The van der Waals surface area contributed by atoms with Crippen molar-refractivity contribution in [1.82, 2.24) is 9.97 Å². The Labute approximate surface area is 86.8 Å². The van der Waals surface area contributed by atoms with Gasteiger partial charge in [-0.25, -0.2) is 9.97 Å². The first-order valence-electron chi connectivity index (χ1n) is 4.59. The second kappa shape index (κ2) is 4.56. The summed E-state index contributed by atoms with van der Waals surface area (Å²) in [6.07, 6.45) is 4.69. The van der Waals surface area contributed by atoms with Gasteiger partial charge in [-0.3, -0.25) is 0 Å². The summed E-state index contributed by atoms with van der Waals surface area (Å²) in [6.45, 7) is 0.548. The second-order valence-corrected chi connectivity index (χ2v) is 2.95. The Bertz CT molecular complexity index is 414. The molecule has 0 saturated carbocycles. The molecule has 0 saturated heterocycles. The fraction of sp³-hybridized carbons (Fsp3) is 0.200. The molecule has 0 aliphatic rings. The van der Waals surface area contributed by atoms with Crippen LogP contribution in [0.2, 0.25) is 0 Å². The van der Waals surface area contributed by atoms with Crippen molar-refractivity contribution in [2.75, 3.05) is 18.5 Å². The average Bonchev–Trinajstić information content (AvgIpc) is 2.80. The third-order valence-electron chi connectivity index (χ3n) is 1.90. The van der Waals surface area contributed by atoms with Gasteiger partial charge < -0.3 is 14.8 Å². The fourth-order valence-corrected chi connectivity index (χ4v) is 1.21. The summed E-state index contributed by atoms with van der Waals surface area (Å²) >= 11 is 0. The van der Waals surface area contributed by atoms with Crippen LogP contribution in [-0.4, -0.2) is 28.2 Å². The van der Waals surface area contributed by atoms with Crippen molar-refractivity contribution in [2.24, 2.45) is 0 Å². The summed E-state index contributed by atoms with van der Waals surface area (Å²) in [6, 6.07) is 3.64. The lowest BCUT2D eigenvalue weighted by Crippen LogP contribution is -2.07. The van der Waals surface area contributed by atoms with Crippen LogP contribution in [0.15, 0.2) is 35.4 Å². The van der Waals surface area contributed by atoms with Crippen molar-refractivity contribution < 1.29 is 9.52 Å². The number of rotatable bonds is 4. The van der Waals surface area contributed by atoms with Crippen molar-refractivity contribution in [1.29, 1.82) is 0 Å². The molecule has 15 heavy (non-hydrogen) atoms. The largest absolute Gasteiger partial charge is 0.472 e. The molecular weight excluding hydrogens is 194 g/mol. The predicted molar refractivity (Wildman–Crippen MR) is 55.3 cm³/mol. The van der Waals surface area contributed by atoms with E-state index in [1.54, 1.807) is 18.6 Å². The van der Waals surface area contributed by atoms with Crippen LogP contribution in [0.4, 0.5) is 5.82 Å². The van der Waals surface area contributed by atoms with E-state index in [-0.39, 0.29) is 6.61 Å². The maximum Gasteiger partial charge on any atom is 0.130 e. The van der Waals surface area contributed by atoms with Gasteiger partial charge in [-0.15, -0.1) is 0 Å². The van der Waals surface area contributed by atoms with E-state index in [4.69, 9.17) is 9.52 Å². The SMILES string of the molecule is OCCNc1cc(-c2ccoc2)ncn1. The van der Waals surface area contributed by atoms with Crippen LogP contribution in [-0.2, 0) is 0 Å². The van der Waals surface area contributed by atoms with E-state index >= 15 is 0 Å². The number of aliphatic hydroxyl groups excluding tert-OH is 1. The Hall–Kier alpha value is -1.88. The lowest BCUT2D eigenvalue weighted by atomic mass is 10.2. The van der Waals surface area contributed by atoms with Gasteiger partial charge in [-0.1, -0.05) is 0 Å². The Balaban J connectivity index is 2.19. The molecule has 0 radical (unpaired) electrons.